The highest BCUT2D eigenvalue weighted by atomic mass is 16.6. The number of anilines is 1. The molecule has 1 aliphatic heterocycles. The van der Waals surface area contributed by atoms with Crippen LogP contribution < -0.4 is 4.90 Å². The van der Waals surface area contributed by atoms with Crippen molar-refractivity contribution in [3.05, 3.63) is 58.5 Å². The van der Waals surface area contributed by atoms with Gasteiger partial charge in [0.05, 0.1) is 12.7 Å². The van der Waals surface area contributed by atoms with Crippen molar-refractivity contribution < 1.29 is 9.66 Å². The first-order chi connectivity index (χ1) is 12.2. The van der Waals surface area contributed by atoms with Crippen molar-refractivity contribution in [1.82, 2.24) is 19.6 Å². The number of ether oxygens (including phenoxy) is 1. The standard InChI is InChI=1S/C16H16N6O3/c23-22(24)16-9-18-14-1-2-15(19-21(14)16)20-8-5-13(10-20)25-11-12-3-6-17-7-4-12/h1-4,6-7,9,13H,5,8,10-11H2/t13-/m1/s1. The van der Waals surface area contributed by atoms with Crippen LogP contribution in [0.25, 0.3) is 5.65 Å². The molecule has 1 saturated heterocycles. The third-order valence-electron chi connectivity index (χ3n) is 4.22. The van der Waals surface area contributed by atoms with E-state index in [9.17, 15) is 10.1 Å². The van der Waals surface area contributed by atoms with Gasteiger partial charge in [0.2, 0.25) is 5.65 Å². The van der Waals surface area contributed by atoms with Crippen molar-refractivity contribution in [2.24, 2.45) is 0 Å². The van der Waals surface area contributed by atoms with Crippen molar-refractivity contribution in [3.8, 4) is 0 Å². The van der Waals surface area contributed by atoms with Crippen molar-refractivity contribution in [3.63, 3.8) is 0 Å². The largest absolute Gasteiger partial charge is 0.372 e. The molecule has 1 aliphatic rings. The lowest BCUT2D eigenvalue weighted by atomic mass is 10.3. The van der Waals surface area contributed by atoms with E-state index < -0.39 is 4.92 Å². The summed E-state index contributed by atoms with van der Waals surface area (Å²) in [6.07, 6.45) is 5.70. The number of imidazole rings is 1. The molecule has 25 heavy (non-hydrogen) atoms. The van der Waals surface area contributed by atoms with Crippen LogP contribution in [0.3, 0.4) is 0 Å². The molecule has 1 atom stereocenters. The molecule has 0 bridgehead atoms. The van der Waals surface area contributed by atoms with Gasteiger partial charge in [-0.15, -0.1) is 0 Å². The highest BCUT2D eigenvalue weighted by Gasteiger charge is 2.26. The quantitative estimate of drug-likeness (QED) is 0.516. The number of nitro groups is 1. The Hall–Kier alpha value is -3.07. The Balaban J connectivity index is 1.45. The molecule has 4 rings (SSSR count). The first kappa shape index (κ1) is 15.5. The molecular formula is C16H16N6O3. The van der Waals surface area contributed by atoms with Crippen LogP contribution in [0.4, 0.5) is 11.6 Å². The van der Waals surface area contributed by atoms with E-state index in [1.807, 2.05) is 18.2 Å². The molecule has 0 aliphatic carbocycles. The highest BCUT2D eigenvalue weighted by molar-refractivity contribution is 5.49. The Kier molecular flexibility index (Phi) is 3.98. The second-order valence-corrected chi connectivity index (χ2v) is 5.86. The van der Waals surface area contributed by atoms with E-state index in [2.05, 4.69) is 20.0 Å². The Labute approximate surface area is 143 Å². The predicted molar refractivity (Wildman–Crippen MR) is 89.3 cm³/mol. The molecule has 128 valence electrons. The third-order valence-corrected chi connectivity index (χ3v) is 4.22. The van der Waals surface area contributed by atoms with Gasteiger partial charge in [0, 0.05) is 31.5 Å². The maximum absolute atomic E-state index is 11.0. The molecule has 0 saturated carbocycles. The number of nitrogens with zero attached hydrogens (tertiary/aromatic N) is 6. The minimum absolute atomic E-state index is 0.100. The van der Waals surface area contributed by atoms with Gasteiger partial charge in [-0.05, 0) is 35.1 Å². The van der Waals surface area contributed by atoms with E-state index in [0.29, 0.717) is 24.6 Å². The Morgan fingerprint density at radius 3 is 2.92 bits per heavy atom. The molecule has 9 heteroatoms. The lowest BCUT2D eigenvalue weighted by molar-refractivity contribution is -0.391. The van der Waals surface area contributed by atoms with E-state index >= 15 is 0 Å². The minimum atomic E-state index is -0.485. The summed E-state index contributed by atoms with van der Waals surface area (Å²) in [5, 5.41) is 15.4. The maximum Gasteiger partial charge on any atom is 0.368 e. The van der Waals surface area contributed by atoms with E-state index in [1.54, 1.807) is 18.5 Å². The van der Waals surface area contributed by atoms with Gasteiger partial charge in [0.25, 0.3) is 0 Å². The Morgan fingerprint density at radius 2 is 2.12 bits per heavy atom. The van der Waals surface area contributed by atoms with Gasteiger partial charge in [-0.3, -0.25) is 4.98 Å². The fourth-order valence-electron chi connectivity index (χ4n) is 2.91. The molecule has 3 aromatic rings. The molecule has 0 amide bonds. The van der Waals surface area contributed by atoms with Gasteiger partial charge in [0.1, 0.15) is 6.20 Å². The van der Waals surface area contributed by atoms with Gasteiger partial charge in [-0.1, -0.05) is 9.61 Å². The van der Waals surface area contributed by atoms with Crippen LogP contribution in [0.1, 0.15) is 12.0 Å². The average molecular weight is 340 g/mol. The second kappa shape index (κ2) is 6.44. The van der Waals surface area contributed by atoms with Crippen molar-refractivity contribution >= 4 is 17.3 Å². The average Bonchev–Trinajstić information content (AvgIpc) is 3.27. The molecule has 0 N–H and O–H groups in total. The molecule has 4 heterocycles. The van der Waals surface area contributed by atoms with E-state index in [0.717, 1.165) is 18.5 Å². The molecule has 3 aromatic heterocycles. The molecule has 0 spiro atoms. The van der Waals surface area contributed by atoms with Crippen LogP contribution in [-0.4, -0.2) is 43.7 Å². The lowest BCUT2D eigenvalue weighted by Crippen LogP contribution is -2.24. The summed E-state index contributed by atoms with van der Waals surface area (Å²) in [4.78, 5) is 20.6. The number of hydrogen-bond donors (Lipinski definition) is 0. The molecule has 1 fully saturated rings. The van der Waals surface area contributed by atoms with Crippen molar-refractivity contribution in [2.75, 3.05) is 18.0 Å². The summed E-state index contributed by atoms with van der Waals surface area (Å²) in [7, 11) is 0. The molecule has 0 radical (unpaired) electrons. The lowest BCUT2D eigenvalue weighted by Gasteiger charge is -2.16. The molecule has 9 nitrogen and oxygen atoms in total. The molecular weight excluding hydrogens is 324 g/mol. The zero-order valence-corrected chi connectivity index (χ0v) is 13.4. The smallest absolute Gasteiger partial charge is 0.368 e. The third kappa shape index (κ3) is 3.13. The fourth-order valence-corrected chi connectivity index (χ4v) is 2.91. The topological polar surface area (TPSA) is 98.7 Å². The highest BCUT2D eigenvalue weighted by Crippen LogP contribution is 2.22. The molecule has 0 unspecified atom stereocenters. The van der Waals surface area contributed by atoms with Crippen molar-refractivity contribution in [1.29, 1.82) is 0 Å². The van der Waals surface area contributed by atoms with E-state index in [1.165, 1.54) is 10.7 Å². The van der Waals surface area contributed by atoms with E-state index in [-0.39, 0.29) is 11.9 Å². The summed E-state index contributed by atoms with van der Waals surface area (Å²) in [5.74, 6) is 0.546. The summed E-state index contributed by atoms with van der Waals surface area (Å²) in [6.45, 7) is 2.04. The fraction of sp³-hybridized carbons (Fsp3) is 0.312. The van der Waals surface area contributed by atoms with Crippen LogP contribution in [0.2, 0.25) is 0 Å². The van der Waals surface area contributed by atoms with Crippen LogP contribution >= 0.6 is 0 Å². The van der Waals surface area contributed by atoms with Crippen LogP contribution in [0.15, 0.2) is 42.9 Å². The predicted octanol–water partition coefficient (Wildman–Crippen LogP) is 1.83. The van der Waals surface area contributed by atoms with Gasteiger partial charge in [0.15, 0.2) is 5.82 Å². The summed E-state index contributed by atoms with van der Waals surface area (Å²) in [5.41, 5.74) is 1.54. The SMILES string of the molecule is O=[N+]([O-])c1cnc2ccc(N3CC[C@@H](OCc4ccncc4)C3)nn12. The zero-order chi connectivity index (χ0) is 17.2. The molecule has 0 aromatic carbocycles. The normalized spacial score (nSPS) is 17.3. The monoisotopic (exact) mass is 340 g/mol. The van der Waals surface area contributed by atoms with Gasteiger partial charge < -0.3 is 19.8 Å². The number of fused-ring (bicyclic) bond motifs is 1. The van der Waals surface area contributed by atoms with E-state index in [4.69, 9.17) is 4.74 Å². The first-order valence-corrected chi connectivity index (χ1v) is 7.95. The van der Waals surface area contributed by atoms with Gasteiger partial charge >= 0.3 is 5.82 Å². The Morgan fingerprint density at radius 1 is 1.28 bits per heavy atom. The summed E-state index contributed by atoms with van der Waals surface area (Å²) >= 11 is 0. The van der Waals surface area contributed by atoms with Crippen LogP contribution in [0.5, 0.6) is 0 Å². The maximum atomic E-state index is 11.0. The summed E-state index contributed by atoms with van der Waals surface area (Å²) in [6, 6.07) is 7.43. The summed E-state index contributed by atoms with van der Waals surface area (Å²) < 4.78 is 7.21. The first-order valence-electron chi connectivity index (χ1n) is 7.95. The Bertz CT molecular complexity index is 897. The second-order valence-electron chi connectivity index (χ2n) is 5.86. The van der Waals surface area contributed by atoms with Gasteiger partial charge in [-0.2, -0.15) is 0 Å². The number of hydrogen-bond acceptors (Lipinski definition) is 7. The minimum Gasteiger partial charge on any atom is -0.372 e. The number of pyridine rings is 1. The number of rotatable bonds is 5. The van der Waals surface area contributed by atoms with Crippen LogP contribution in [-0.2, 0) is 11.3 Å². The van der Waals surface area contributed by atoms with Gasteiger partial charge in [-0.25, -0.2) is 4.98 Å². The number of aromatic nitrogens is 4. The zero-order valence-electron chi connectivity index (χ0n) is 13.4. The van der Waals surface area contributed by atoms with Crippen molar-refractivity contribution in [2.45, 2.75) is 19.1 Å². The van der Waals surface area contributed by atoms with Crippen LogP contribution in [0, 0.1) is 10.1 Å².